The second kappa shape index (κ2) is 9.47. The molecule has 0 aliphatic rings. The molecule has 3 heterocycles. The van der Waals surface area contributed by atoms with E-state index >= 15 is 0 Å². The van der Waals surface area contributed by atoms with Gasteiger partial charge >= 0.3 is 11.9 Å². The van der Waals surface area contributed by atoms with Crippen LogP contribution in [0.25, 0.3) is 20.7 Å². The molecule has 0 radical (unpaired) electrons. The van der Waals surface area contributed by atoms with Gasteiger partial charge in [0.25, 0.3) is 5.56 Å². The molecule has 0 fully saturated rings. The van der Waals surface area contributed by atoms with Crippen LogP contribution in [0, 0.1) is 6.92 Å². The molecule has 2 N–H and O–H groups in total. The second-order valence-electron chi connectivity index (χ2n) is 7.35. The lowest BCUT2D eigenvalue weighted by Gasteiger charge is -2.15. The number of ether oxygens (including phenoxy) is 1. The van der Waals surface area contributed by atoms with E-state index in [1.165, 1.54) is 24.4 Å². The number of pyridine rings is 1. The molecule has 1 atom stereocenters. The molecule has 4 rings (SSSR count). The number of H-pyrrole nitrogens is 1. The van der Waals surface area contributed by atoms with Gasteiger partial charge in [-0.3, -0.25) is 14.3 Å². The molecule has 14 heteroatoms. The van der Waals surface area contributed by atoms with Gasteiger partial charge in [-0.15, -0.1) is 11.3 Å². The van der Waals surface area contributed by atoms with Gasteiger partial charge in [0.05, 0.1) is 22.0 Å². The zero-order valence-electron chi connectivity index (χ0n) is 17.4. The molecule has 0 aliphatic carbocycles. The Morgan fingerprint density at radius 1 is 1.17 bits per heavy atom. The van der Waals surface area contributed by atoms with E-state index in [9.17, 15) is 27.9 Å². The van der Waals surface area contributed by atoms with Crippen molar-refractivity contribution in [2.24, 2.45) is 0 Å². The maximum absolute atomic E-state index is 12.9. The fourth-order valence-corrected chi connectivity index (χ4v) is 5.06. The number of alkyl halides is 3. The molecule has 0 unspecified atom stereocenters. The molecule has 0 saturated heterocycles. The van der Waals surface area contributed by atoms with Crippen molar-refractivity contribution in [2.75, 3.05) is 0 Å². The van der Waals surface area contributed by atoms with Gasteiger partial charge in [0.2, 0.25) is 5.88 Å². The fraction of sp³-hybridized carbons (Fsp3) is 0.190. The smallest absolute Gasteiger partial charge is 0.416 e. The van der Waals surface area contributed by atoms with E-state index in [2.05, 4.69) is 4.98 Å². The van der Waals surface area contributed by atoms with Crippen LogP contribution in [0.5, 0.6) is 11.6 Å². The van der Waals surface area contributed by atoms with E-state index in [1.54, 1.807) is 13.0 Å². The van der Waals surface area contributed by atoms with Crippen molar-refractivity contribution in [2.45, 2.75) is 25.7 Å². The number of halogens is 6. The van der Waals surface area contributed by atoms with Crippen LogP contribution < -0.4 is 16.0 Å². The van der Waals surface area contributed by atoms with Crippen LogP contribution in [-0.4, -0.2) is 31.9 Å². The summed E-state index contributed by atoms with van der Waals surface area (Å²) in [5.41, 5.74) is -0.996. The minimum Gasteiger partial charge on any atom is -0.437 e. The summed E-state index contributed by atoms with van der Waals surface area (Å²) < 4.78 is 45.0. The van der Waals surface area contributed by atoms with Crippen LogP contribution in [0.3, 0.4) is 0 Å². The minimum absolute atomic E-state index is 0.0197. The summed E-state index contributed by atoms with van der Waals surface area (Å²) in [6.45, 7) is 0.497. The molecule has 3 aromatic heterocycles. The molecule has 7 nitrogen and oxygen atoms in total. The standard InChI is InChI=1S/C21H13Cl3F3N3O4S/c1-8-15-17(32)29-20(33)30(7-14(31)21(25,26)27)19(15)35-16(8)9-4-13(24)18(28-6-9)34-10-2-3-11(22)12(23)5-10/h2-6,14,31H,7H2,1H3,(H,29,32,33)/t14-/m1/s1. The highest BCUT2D eigenvalue weighted by atomic mass is 35.5. The number of aromatic amines is 1. The summed E-state index contributed by atoms with van der Waals surface area (Å²) in [7, 11) is 0. The van der Waals surface area contributed by atoms with Crippen molar-refractivity contribution in [3.8, 4) is 22.1 Å². The SMILES string of the molecule is Cc1c(-c2cnc(Oc3ccc(Cl)c(Cl)c3)c(Cl)c2)sc2c1c(=O)[nH]c(=O)n2C[C@@H](O)C(F)(F)F. The van der Waals surface area contributed by atoms with Crippen LogP contribution in [-0.2, 0) is 6.54 Å². The highest BCUT2D eigenvalue weighted by Crippen LogP contribution is 2.39. The summed E-state index contributed by atoms with van der Waals surface area (Å²) in [4.78, 5) is 31.3. The third-order valence-corrected chi connectivity index (χ3v) is 7.35. The van der Waals surface area contributed by atoms with Gasteiger partial charge in [-0.05, 0) is 30.7 Å². The van der Waals surface area contributed by atoms with Crippen molar-refractivity contribution < 1.29 is 23.0 Å². The molecule has 35 heavy (non-hydrogen) atoms. The lowest BCUT2D eigenvalue weighted by Crippen LogP contribution is -2.38. The molecule has 0 saturated carbocycles. The van der Waals surface area contributed by atoms with Gasteiger partial charge in [0.1, 0.15) is 15.6 Å². The van der Waals surface area contributed by atoms with Gasteiger partial charge in [0.15, 0.2) is 6.10 Å². The van der Waals surface area contributed by atoms with E-state index in [1.807, 2.05) is 4.98 Å². The summed E-state index contributed by atoms with van der Waals surface area (Å²) in [5.74, 6) is 0.383. The van der Waals surface area contributed by atoms with Gasteiger partial charge < -0.3 is 9.84 Å². The Morgan fingerprint density at radius 2 is 1.89 bits per heavy atom. The van der Waals surface area contributed by atoms with Crippen molar-refractivity contribution >= 4 is 56.4 Å². The molecular weight excluding hydrogens is 554 g/mol. The number of aliphatic hydroxyl groups excluding tert-OH is 1. The molecule has 0 amide bonds. The first-order valence-corrected chi connectivity index (χ1v) is 11.6. The third kappa shape index (κ3) is 5.05. The Morgan fingerprint density at radius 3 is 2.51 bits per heavy atom. The Balaban J connectivity index is 1.76. The lowest BCUT2D eigenvalue weighted by molar-refractivity contribution is -0.207. The van der Waals surface area contributed by atoms with Gasteiger partial charge in [-0.25, -0.2) is 9.78 Å². The number of nitrogens with zero attached hydrogens (tertiary/aromatic N) is 2. The van der Waals surface area contributed by atoms with E-state index in [-0.39, 0.29) is 26.1 Å². The number of rotatable bonds is 5. The maximum Gasteiger partial charge on any atom is 0.416 e. The summed E-state index contributed by atoms with van der Waals surface area (Å²) >= 11 is 19.1. The van der Waals surface area contributed by atoms with Gasteiger partial charge in [0, 0.05) is 22.7 Å². The monoisotopic (exact) mass is 565 g/mol. The van der Waals surface area contributed by atoms with Gasteiger partial charge in [-0.2, -0.15) is 13.2 Å². The largest absolute Gasteiger partial charge is 0.437 e. The minimum atomic E-state index is -4.95. The molecule has 1 aromatic carbocycles. The third-order valence-electron chi connectivity index (χ3n) is 4.97. The van der Waals surface area contributed by atoms with Crippen LogP contribution in [0.2, 0.25) is 15.1 Å². The Hall–Kier alpha value is -2.57. The van der Waals surface area contributed by atoms with E-state index in [0.29, 0.717) is 31.3 Å². The number of hydrogen-bond donors (Lipinski definition) is 2. The Bertz CT molecular complexity index is 1570. The molecule has 4 aromatic rings. The highest BCUT2D eigenvalue weighted by molar-refractivity contribution is 7.22. The first-order valence-electron chi connectivity index (χ1n) is 9.66. The average molecular weight is 567 g/mol. The predicted molar refractivity (Wildman–Crippen MR) is 128 cm³/mol. The first-order chi connectivity index (χ1) is 16.4. The molecular formula is C21H13Cl3F3N3O4S. The quantitative estimate of drug-likeness (QED) is 0.318. The van der Waals surface area contributed by atoms with Crippen LogP contribution in [0.4, 0.5) is 13.2 Å². The maximum atomic E-state index is 12.9. The summed E-state index contributed by atoms with van der Waals surface area (Å²) in [6, 6.07) is 6.08. The van der Waals surface area contributed by atoms with Crippen molar-refractivity contribution in [3.05, 3.63) is 71.9 Å². The molecule has 0 aliphatic heterocycles. The molecule has 0 spiro atoms. The highest BCUT2D eigenvalue weighted by Gasteiger charge is 2.39. The van der Waals surface area contributed by atoms with Gasteiger partial charge in [-0.1, -0.05) is 34.8 Å². The summed E-state index contributed by atoms with van der Waals surface area (Å²) in [6.07, 6.45) is -6.34. The predicted octanol–water partition coefficient (Wildman–Crippen LogP) is 5.80. The normalized spacial score (nSPS) is 12.8. The zero-order chi connectivity index (χ0) is 25.7. The number of fused-ring (bicyclic) bond motifs is 1. The number of aryl methyl sites for hydroxylation is 1. The number of nitrogens with one attached hydrogen (secondary N) is 1. The van der Waals surface area contributed by atoms with Crippen molar-refractivity contribution in [1.29, 1.82) is 0 Å². The fourth-order valence-electron chi connectivity index (χ4n) is 3.27. The number of hydrogen-bond acceptors (Lipinski definition) is 6. The van der Waals surface area contributed by atoms with E-state index < -0.39 is 30.1 Å². The zero-order valence-corrected chi connectivity index (χ0v) is 20.5. The first kappa shape index (κ1) is 25.5. The number of benzene rings is 1. The topological polar surface area (TPSA) is 97.2 Å². The number of thiophene rings is 1. The van der Waals surface area contributed by atoms with Crippen molar-refractivity contribution in [3.63, 3.8) is 0 Å². The number of aliphatic hydroxyl groups is 1. The number of aromatic nitrogens is 3. The van der Waals surface area contributed by atoms with Crippen LogP contribution in [0.1, 0.15) is 5.56 Å². The van der Waals surface area contributed by atoms with Crippen LogP contribution >= 0.6 is 46.1 Å². The van der Waals surface area contributed by atoms with E-state index in [0.717, 1.165) is 11.3 Å². The molecule has 184 valence electrons. The Labute approximate surface area is 213 Å². The second-order valence-corrected chi connectivity index (χ2v) is 9.57. The average Bonchev–Trinajstić information content (AvgIpc) is 3.11. The molecule has 0 bridgehead atoms. The van der Waals surface area contributed by atoms with Crippen LogP contribution in [0.15, 0.2) is 40.1 Å². The van der Waals surface area contributed by atoms with E-state index in [4.69, 9.17) is 39.5 Å². The summed E-state index contributed by atoms with van der Waals surface area (Å²) in [5, 5.41) is 10.2. The van der Waals surface area contributed by atoms with Crippen molar-refractivity contribution in [1.82, 2.24) is 14.5 Å². The lowest BCUT2D eigenvalue weighted by atomic mass is 10.1. The Kier molecular flexibility index (Phi) is 6.91.